The number of pyridine rings is 1. The van der Waals surface area contributed by atoms with Crippen molar-refractivity contribution >= 4 is 27.9 Å². The van der Waals surface area contributed by atoms with E-state index < -0.39 is 4.92 Å². The Morgan fingerprint density at radius 1 is 1.53 bits per heavy atom. The van der Waals surface area contributed by atoms with Crippen LogP contribution in [0.15, 0.2) is 24.5 Å². The van der Waals surface area contributed by atoms with Crippen LogP contribution in [0.25, 0.3) is 10.6 Å². The van der Waals surface area contributed by atoms with E-state index in [4.69, 9.17) is 11.6 Å². The zero-order valence-electron chi connectivity index (χ0n) is 7.25. The average Bonchev–Trinajstić information content (AvgIpc) is 2.62. The summed E-state index contributed by atoms with van der Waals surface area (Å²) in [7, 11) is 0. The fraction of sp³-hybridized carbons (Fsp3) is 0. The maximum atomic E-state index is 10.5. The van der Waals surface area contributed by atoms with Crippen LogP contribution in [0.3, 0.4) is 0 Å². The van der Waals surface area contributed by atoms with Gasteiger partial charge in [0.1, 0.15) is 5.01 Å². The summed E-state index contributed by atoms with van der Waals surface area (Å²) >= 11 is 6.57. The standard InChI is InChI=1S/C8H4ClN3O2S/c9-6-8(12(13)14)15-7(11-6)5-2-1-3-10-4-5/h1-4H. The Morgan fingerprint density at radius 2 is 2.33 bits per heavy atom. The molecule has 0 bridgehead atoms. The third-order valence-electron chi connectivity index (χ3n) is 1.64. The Hall–Kier alpha value is -1.53. The lowest BCUT2D eigenvalue weighted by Gasteiger charge is -1.90. The molecule has 2 heterocycles. The third kappa shape index (κ3) is 1.95. The zero-order valence-corrected chi connectivity index (χ0v) is 8.83. The Bertz CT molecular complexity index is 500. The molecular weight excluding hydrogens is 238 g/mol. The molecule has 0 amide bonds. The zero-order chi connectivity index (χ0) is 10.8. The van der Waals surface area contributed by atoms with Gasteiger partial charge in [0.2, 0.25) is 5.15 Å². The highest BCUT2D eigenvalue weighted by Crippen LogP contribution is 2.35. The molecule has 0 atom stereocenters. The van der Waals surface area contributed by atoms with E-state index in [9.17, 15) is 10.1 Å². The topological polar surface area (TPSA) is 68.9 Å². The normalized spacial score (nSPS) is 10.2. The Balaban J connectivity index is 2.48. The van der Waals surface area contributed by atoms with Crippen LogP contribution in [0, 0.1) is 10.1 Å². The molecule has 15 heavy (non-hydrogen) atoms. The van der Waals surface area contributed by atoms with E-state index in [2.05, 4.69) is 9.97 Å². The lowest BCUT2D eigenvalue weighted by atomic mass is 10.3. The summed E-state index contributed by atoms with van der Waals surface area (Å²) < 4.78 is 0. The van der Waals surface area contributed by atoms with Crippen molar-refractivity contribution in [1.82, 2.24) is 9.97 Å². The van der Waals surface area contributed by atoms with E-state index in [1.54, 1.807) is 24.5 Å². The molecule has 0 spiro atoms. The quantitative estimate of drug-likeness (QED) is 0.599. The van der Waals surface area contributed by atoms with E-state index in [1.165, 1.54) is 0 Å². The highest BCUT2D eigenvalue weighted by Gasteiger charge is 2.20. The lowest BCUT2D eigenvalue weighted by Crippen LogP contribution is -1.82. The van der Waals surface area contributed by atoms with Crippen LogP contribution < -0.4 is 0 Å². The number of nitrogens with zero attached hydrogens (tertiary/aromatic N) is 3. The van der Waals surface area contributed by atoms with Crippen LogP contribution in [-0.2, 0) is 0 Å². The van der Waals surface area contributed by atoms with E-state index in [-0.39, 0.29) is 10.2 Å². The summed E-state index contributed by atoms with van der Waals surface area (Å²) in [5.41, 5.74) is 0.720. The smallest absolute Gasteiger partial charge is 0.264 e. The van der Waals surface area contributed by atoms with Gasteiger partial charge < -0.3 is 0 Å². The summed E-state index contributed by atoms with van der Waals surface area (Å²) in [6, 6.07) is 3.50. The molecule has 0 saturated heterocycles. The minimum atomic E-state index is -0.542. The fourth-order valence-electron chi connectivity index (χ4n) is 1.02. The molecule has 2 aromatic rings. The molecule has 0 unspecified atom stereocenters. The summed E-state index contributed by atoms with van der Waals surface area (Å²) in [4.78, 5) is 17.8. The Kier molecular flexibility index (Phi) is 2.61. The van der Waals surface area contributed by atoms with Gasteiger partial charge in [-0.25, -0.2) is 4.98 Å². The second-order valence-electron chi connectivity index (χ2n) is 2.61. The Morgan fingerprint density at radius 3 is 2.87 bits per heavy atom. The molecule has 0 aliphatic heterocycles. The number of halogens is 1. The highest BCUT2D eigenvalue weighted by atomic mass is 35.5. The van der Waals surface area contributed by atoms with Crippen LogP contribution >= 0.6 is 22.9 Å². The molecule has 0 aromatic carbocycles. The second-order valence-corrected chi connectivity index (χ2v) is 3.95. The van der Waals surface area contributed by atoms with Crippen LogP contribution in [0.1, 0.15) is 0 Å². The van der Waals surface area contributed by atoms with Gasteiger partial charge in [-0.3, -0.25) is 15.1 Å². The molecule has 0 radical (unpaired) electrons. The van der Waals surface area contributed by atoms with Crippen molar-refractivity contribution in [1.29, 1.82) is 0 Å². The van der Waals surface area contributed by atoms with Crippen molar-refractivity contribution in [3.05, 3.63) is 39.8 Å². The number of thiazole rings is 1. The van der Waals surface area contributed by atoms with Crippen molar-refractivity contribution in [2.24, 2.45) is 0 Å². The first-order chi connectivity index (χ1) is 7.18. The second kappa shape index (κ2) is 3.92. The summed E-state index contributed by atoms with van der Waals surface area (Å²) in [5, 5.41) is 10.8. The summed E-state index contributed by atoms with van der Waals surface area (Å²) in [6.45, 7) is 0. The first kappa shape index (κ1) is 10.0. The monoisotopic (exact) mass is 241 g/mol. The molecule has 2 aromatic heterocycles. The number of hydrogen-bond donors (Lipinski definition) is 0. The SMILES string of the molecule is O=[N+]([O-])c1sc(-c2cccnc2)nc1Cl. The van der Waals surface area contributed by atoms with Gasteiger partial charge in [-0.1, -0.05) is 11.6 Å². The molecule has 0 saturated carbocycles. The first-order valence-electron chi connectivity index (χ1n) is 3.89. The van der Waals surface area contributed by atoms with Gasteiger partial charge in [0, 0.05) is 18.0 Å². The largest absolute Gasteiger partial charge is 0.363 e. The van der Waals surface area contributed by atoms with Gasteiger partial charge >= 0.3 is 5.00 Å². The van der Waals surface area contributed by atoms with E-state index in [0.29, 0.717) is 5.01 Å². The third-order valence-corrected chi connectivity index (χ3v) is 3.08. The predicted molar refractivity (Wildman–Crippen MR) is 57.0 cm³/mol. The number of aromatic nitrogens is 2. The van der Waals surface area contributed by atoms with Crippen molar-refractivity contribution in [3.8, 4) is 10.6 Å². The van der Waals surface area contributed by atoms with Crippen molar-refractivity contribution in [2.75, 3.05) is 0 Å². The molecule has 0 N–H and O–H groups in total. The van der Waals surface area contributed by atoms with Crippen LogP contribution in [-0.4, -0.2) is 14.9 Å². The summed E-state index contributed by atoms with van der Waals surface area (Å²) in [6.07, 6.45) is 3.20. The minimum absolute atomic E-state index is 0.0798. The van der Waals surface area contributed by atoms with Gasteiger partial charge in [-0.2, -0.15) is 0 Å². The molecule has 0 fully saturated rings. The number of hydrogen-bond acceptors (Lipinski definition) is 5. The van der Waals surface area contributed by atoms with Crippen LogP contribution in [0.2, 0.25) is 5.15 Å². The van der Waals surface area contributed by atoms with Gasteiger partial charge in [0.05, 0.1) is 4.92 Å². The Labute approximate surface area is 93.5 Å². The molecular formula is C8H4ClN3O2S. The fourth-order valence-corrected chi connectivity index (χ4v) is 2.10. The average molecular weight is 242 g/mol. The van der Waals surface area contributed by atoms with Crippen molar-refractivity contribution < 1.29 is 4.92 Å². The van der Waals surface area contributed by atoms with Crippen LogP contribution in [0.5, 0.6) is 0 Å². The van der Waals surface area contributed by atoms with Gasteiger partial charge in [0.15, 0.2) is 0 Å². The van der Waals surface area contributed by atoms with E-state index in [1.807, 2.05) is 0 Å². The molecule has 0 aliphatic carbocycles. The van der Waals surface area contributed by atoms with Gasteiger partial charge in [-0.05, 0) is 23.5 Å². The van der Waals surface area contributed by atoms with Gasteiger partial charge in [0.25, 0.3) is 0 Å². The lowest BCUT2D eigenvalue weighted by molar-refractivity contribution is -0.380. The molecule has 0 aliphatic rings. The molecule has 7 heteroatoms. The van der Waals surface area contributed by atoms with Crippen molar-refractivity contribution in [3.63, 3.8) is 0 Å². The number of rotatable bonds is 2. The van der Waals surface area contributed by atoms with Crippen LogP contribution in [0.4, 0.5) is 5.00 Å². The highest BCUT2D eigenvalue weighted by molar-refractivity contribution is 7.18. The minimum Gasteiger partial charge on any atom is -0.264 e. The summed E-state index contributed by atoms with van der Waals surface area (Å²) in [5.74, 6) is 0. The maximum absolute atomic E-state index is 10.5. The van der Waals surface area contributed by atoms with E-state index in [0.717, 1.165) is 16.9 Å². The molecule has 2 rings (SSSR count). The molecule has 76 valence electrons. The van der Waals surface area contributed by atoms with Crippen molar-refractivity contribution in [2.45, 2.75) is 0 Å². The first-order valence-corrected chi connectivity index (χ1v) is 5.09. The van der Waals surface area contributed by atoms with Gasteiger partial charge in [-0.15, -0.1) is 0 Å². The predicted octanol–water partition coefficient (Wildman–Crippen LogP) is 2.77. The maximum Gasteiger partial charge on any atom is 0.363 e. The number of nitro groups is 1. The molecule has 5 nitrogen and oxygen atoms in total. The van der Waals surface area contributed by atoms with E-state index >= 15 is 0 Å².